The van der Waals surface area contributed by atoms with Gasteiger partial charge in [-0.3, -0.25) is 4.79 Å². The topological polar surface area (TPSA) is 70.9 Å². The van der Waals surface area contributed by atoms with Crippen LogP contribution in [-0.4, -0.2) is 15.9 Å². The molecule has 2 heterocycles. The van der Waals surface area contributed by atoms with E-state index in [1.807, 2.05) is 42.5 Å². The van der Waals surface area contributed by atoms with Gasteiger partial charge in [-0.1, -0.05) is 24.3 Å². The summed E-state index contributed by atoms with van der Waals surface area (Å²) in [5, 5.41) is 3.74. The fourth-order valence-corrected chi connectivity index (χ4v) is 2.34. The van der Waals surface area contributed by atoms with E-state index in [-0.39, 0.29) is 11.7 Å². The van der Waals surface area contributed by atoms with Crippen molar-refractivity contribution in [1.29, 1.82) is 0 Å². The molecule has 0 fully saturated rings. The lowest BCUT2D eigenvalue weighted by molar-refractivity contribution is 0.0999. The standard InChI is InChI=1S/C16H11N3O2/c20-16(14-8-10-4-1-2-7-13(10)21-14)19-12-6-3-5-11-15(12)18-9-17-11/h1-9H,(H,17,18)(H,19,20). The summed E-state index contributed by atoms with van der Waals surface area (Å²) in [5.41, 5.74) is 2.94. The monoisotopic (exact) mass is 277 g/mol. The number of benzene rings is 2. The summed E-state index contributed by atoms with van der Waals surface area (Å²) in [4.78, 5) is 19.5. The van der Waals surface area contributed by atoms with Gasteiger partial charge in [0, 0.05) is 5.39 Å². The highest BCUT2D eigenvalue weighted by Crippen LogP contribution is 2.23. The van der Waals surface area contributed by atoms with Gasteiger partial charge in [-0.2, -0.15) is 0 Å². The number of amides is 1. The maximum Gasteiger partial charge on any atom is 0.291 e. The molecule has 0 radical (unpaired) electrons. The Bertz CT molecular complexity index is 919. The predicted octanol–water partition coefficient (Wildman–Crippen LogP) is 3.56. The minimum absolute atomic E-state index is 0.281. The maximum absolute atomic E-state index is 12.3. The number of H-pyrrole nitrogens is 1. The summed E-state index contributed by atoms with van der Waals surface area (Å²) in [6.45, 7) is 0. The first-order chi connectivity index (χ1) is 10.3. The van der Waals surface area contributed by atoms with Crippen LogP contribution in [0.1, 0.15) is 10.6 Å². The minimum atomic E-state index is -0.290. The molecule has 0 bridgehead atoms. The average molecular weight is 277 g/mol. The number of rotatable bonds is 2. The number of hydrogen-bond donors (Lipinski definition) is 2. The van der Waals surface area contributed by atoms with E-state index in [9.17, 15) is 4.79 Å². The summed E-state index contributed by atoms with van der Waals surface area (Å²) in [5.74, 6) is -0.00885. The Morgan fingerprint density at radius 3 is 2.95 bits per heavy atom. The number of fused-ring (bicyclic) bond motifs is 2. The highest BCUT2D eigenvalue weighted by Gasteiger charge is 2.14. The largest absolute Gasteiger partial charge is 0.451 e. The fourth-order valence-electron chi connectivity index (χ4n) is 2.34. The van der Waals surface area contributed by atoms with Gasteiger partial charge in [0.1, 0.15) is 11.1 Å². The fraction of sp³-hybridized carbons (Fsp3) is 0. The van der Waals surface area contributed by atoms with Crippen LogP contribution in [0.4, 0.5) is 5.69 Å². The van der Waals surface area contributed by atoms with Gasteiger partial charge in [-0.25, -0.2) is 4.98 Å². The zero-order valence-electron chi connectivity index (χ0n) is 11.0. The highest BCUT2D eigenvalue weighted by molar-refractivity contribution is 6.08. The molecule has 0 saturated heterocycles. The molecule has 0 atom stereocenters. The number of aromatic nitrogens is 2. The van der Waals surface area contributed by atoms with Crippen molar-refractivity contribution in [3.63, 3.8) is 0 Å². The molecule has 0 aliphatic carbocycles. The van der Waals surface area contributed by atoms with Crippen molar-refractivity contribution >= 4 is 33.6 Å². The molecule has 2 aromatic carbocycles. The number of hydrogen-bond acceptors (Lipinski definition) is 3. The zero-order chi connectivity index (χ0) is 14.2. The number of furan rings is 1. The normalized spacial score (nSPS) is 11.0. The first-order valence-corrected chi connectivity index (χ1v) is 6.53. The Morgan fingerprint density at radius 2 is 2.05 bits per heavy atom. The summed E-state index contributed by atoms with van der Waals surface area (Å²) in [7, 11) is 0. The number of anilines is 1. The van der Waals surface area contributed by atoms with E-state index in [4.69, 9.17) is 4.42 Å². The van der Waals surface area contributed by atoms with Crippen LogP contribution in [0, 0.1) is 0 Å². The van der Waals surface area contributed by atoms with Crippen LogP contribution in [0.25, 0.3) is 22.0 Å². The first-order valence-electron chi connectivity index (χ1n) is 6.53. The Hall–Kier alpha value is -3.08. The van der Waals surface area contributed by atoms with Crippen molar-refractivity contribution < 1.29 is 9.21 Å². The third kappa shape index (κ3) is 1.95. The number of nitrogens with one attached hydrogen (secondary N) is 2. The SMILES string of the molecule is O=C(Nc1cccc2[nH]cnc12)c1cc2ccccc2o1. The Morgan fingerprint density at radius 1 is 1.14 bits per heavy atom. The van der Waals surface area contributed by atoms with Gasteiger partial charge >= 0.3 is 0 Å². The zero-order valence-corrected chi connectivity index (χ0v) is 11.0. The van der Waals surface area contributed by atoms with Gasteiger partial charge in [-0.15, -0.1) is 0 Å². The molecule has 21 heavy (non-hydrogen) atoms. The Labute approximate surface area is 119 Å². The quantitative estimate of drug-likeness (QED) is 0.588. The predicted molar refractivity (Wildman–Crippen MR) is 80.3 cm³/mol. The second-order valence-corrected chi connectivity index (χ2v) is 4.71. The smallest absolute Gasteiger partial charge is 0.291 e. The Kier molecular flexibility index (Phi) is 2.50. The molecule has 4 rings (SSSR count). The van der Waals surface area contributed by atoms with Gasteiger partial charge < -0.3 is 14.7 Å². The van der Waals surface area contributed by atoms with E-state index >= 15 is 0 Å². The lowest BCUT2D eigenvalue weighted by atomic mass is 10.2. The highest BCUT2D eigenvalue weighted by atomic mass is 16.3. The molecule has 0 unspecified atom stereocenters. The van der Waals surface area contributed by atoms with E-state index in [0.29, 0.717) is 11.3 Å². The summed E-state index contributed by atoms with van der Waals surface area (Å²) >= 11 is 0. The van der Waals surface area contributed by atoms with Crippen LogP contribution in [0.3, 0.4) is 0 Å². The molecular weight excluding hydrogens is 266 g/mol. The summed E-state index contributed by atoms with van der Waals surface area (Å²) < 4.78 is 5.56. The van der Waals surface area contributed by atoms with Gasteiger partial charge in [0.25, 0.3) is 5.91 Å². The summed E-state index contributed by atoms with van der Waals surface area (Å²) in [6.07, 6.45) is 1.60. The number of imidazole rings is 1. The Balaban J connectivity index is 1.70. The lowest BCUT2D eigenvalue weighted by Gasteiger charge is -2.03. The van der Waals surface area contributed by atoms with Gasteiger partial charge in [0.05, 0.1) is 17.5 Å². The number of nitrogens with zero attached hydrogens (tertiary/aromatic N) is 1. The molecule has 0 aliphatic rings. The number of carbonyl (C=O) groups excluding carboxylic acids is 1. The van der Waals surface area contributed by atoms with Crippen molar-refractivity contribution in [3.05, 3.63) is 60.6 Å². The van der Waals surface area contributed by atoms with Crippen LogP contribution in [0.15, 0.2) is 59.3 Å². The van der Waals surface area contributed by atoms with Crippen LogP contribution in [-0.2, 0) is 0 Å². The number of aromatic amines is 1. The van der Waals surface area contributed by atoms with E-state index in [2.05, 4.69) is 15.3 Å². The number of para-hydroxylation sites is 2. The van der Waals surface area contributed by atoms with Crippen LogP contribution >= 0.6 is 0 Å². The van der Waals surface area contributed by atoms with Gasteiger partial charge in [-0.05, 0) is 24.3 Å². The van der Waals surface area contributed by atoms with E-state index in [1.165, 1.54) is 0 Å². The second-order valence-electron chi connectivity index (χ2n) is 4.71. The lowest BCUT2D eigenvalue weighted by Crippen LogP contribution is -2.11. The minimum Gasteiger partial charge on any atom is -0.451 e. The molecule has 0 spiro atoms. The van der Waals surface area contributed by atoms with Crippen molar-refractivity contribution in [1.82, 2.24) is 9.97 Å². The molecular formula is C16H11N3O2. The molecule has 5 heteroatoms. The molecule has 5 nitrogen and oxygen atoms in total. The third-order valence-electron chi connectivity index (χ3n) is 3.35. The van der Waals surface area contributed by atoms with Crippen LogP contribution in [0.5, 0.6) is 0 Å². The van der Waals surface area contributed by atoms with Gasteiger partial charge in [0.15, 0.2) is 5.76 Å². The van der Waals surface area contributed by atoms with E-state index in [1.54, 1.807) is 12.4 Å². The molecule has 0 saturated carbocycles. The first kappa shape index (κ1) is 11.7. The molecule has 4 aromatic rings. The molecule has 102 valence electrons. The molecule has 1 amide bonds. The third-order valence-corrected chi connectivity index (χ3v) is 3.35. The maximum atomic E-state index is 12.3. The second kappa shape index (κ2) is 4.49. The average Bonchev–Trinajstić information content (AvgIpc) is 3.14. The van der Waals surface area contributed by atoms with Crippen molar-refractivity contribution in [2.75, 3.05) is 5.32 Å². The van der Waals surface area contributed by atoms with Crippen molar-refractivity contribution in [2.24, 2.45) is 0 Å². The molecule has 2 N–H and O–H groups in total. The van der Waals surface area contributed by atoms with Crippen molar-refractivity contribution in [3.8, 4) is 0 Å². The van der Waals surface area contributed by atoms with Gasteiger partial charge in [0.2, 0.25) is 0 Å². The van der Waals surface area contributed by atoms with Crippen LogP contribution < -0.4 is 5.32 Å². The molecule has 0 aliphatic heterocycles. The van der Waals surface area contributed by atoms with E-state index < -0.39 is 0 Å². The van der Waals surface area contributed by atoms with Crippen LogP contribution in [0.2, 0.25) is 0 Å². The van der Waals surface area contributed by atoms with E-state index in [0.717, 1.165) is 16.4 Å². The summed E-state index contributed by atoms with van der Waals surface area (Å²) in [6, 6.07) is 14.8. The number of carbonyl (C=O) groups is 1. The molecule has 2 aromatic heterocycles. The van der Waals surface area contributed by atoms with Crippen molar-refractivity contribution in [2.45, 2.75) is 0 Å².